The molecular weight excluding hydrogens is 629 g/mol. The number of nitrogens with zero attached hydrogens (tertiary/aromatic N) is 5. The molecule has 2 atom stereocenters. The third-order valence-corrected chi connectivity index (χ3v) is 9.43. The van der Waals surface area contributed by atoms with Gasteiger partial charge in [-0.2, -0.15) is 9.97 Å². The van der Waals surface area contributed by atoms with Crippen LogP contribution in [0.25, 0.3) is 32.8 Å². The number of benzene rings is 3. The second-order valence-corrected chi connectivity index (χ2v) is 14.5. The molecule has 0 N–H and O–H groups in total. The van der Waals surface area contributed by atoms with Gasteiger partial charge in [0.1, 0.15) is 16.9 Å². The Balaban J connectivity index is 1.39. The van der Waals surface area contributed by atoms with E-state index in [1.54, 1.807) is 6.07 Å². The lowest BCUT2D eigenvalue weighted by Crippen LogP contribution is -2.57. The minimum absolute atomic E-state index is 0.0580. The van der Waals surface area contributed by atoms with Crippen LogP contribution in [-0.4, -0.2) is 83.4 Å². The number of hydrogen-bond acceptors (Lipinski definition) is 7. The highest BCUT2D eigenvalue weighted by Crippen LogP contribution is 2.43. The van der Waals surface area contributed by atoms with E-state index < -0.39 is 11.4 Å². The minimum Gasteiger partial charge on any atom is -0.463 e. The standard InChI is InChI=1S/C38H45ClFN5O3/c1-7-8-16-43(6)17-11-18-47-36-41-34-30(21-31(39)32(33(34)40)29-20-24(2)19-25-12-9-10-13-28(25)29)35(42-36)44-22-26-14-15-27(23-44)45(26)37(46)48-38(3,4)5/h7,9-10,12-13,19-21,26-27H,1,8,11,14-18,22-23H2,2-6H3. The summed E-state index contributed by atoms with van der Waals surface area (Å²) in [4.78, 5) is 28.9. The lowest BCUT2D eigenvalue weighted by atomic mass is 9.94. The summed E-state index contributed by atoms with van der Waals surface area (Å²) in [6.45, 7) is 14.6. The highest BCUT2D eigenvalue weighted by Gasteiger charge is 2.45. The number of amides is 1. The van der Waals surface area contributed by atoms with Crippen LogP contribution in [0.1, 0.15) is 52.0 Å². The summed E-state index contributed by atoms with van der Waals surface area (Å²) in [7, 11) is 2.06. The zero-order chi connectivity index (χ0) is 34.2. The SMILES string of the molecule is C=CCCN(C)CCCOc1nc(N2CC3CCC(C2)N3C(=O)OC(C)(C)C)c2cc(Cl)c(-c3cc(C)cc4ccccc34)c(F)c2n1. The zero-order valence-corrected chi connectivity index (χ0v) is 29.3. The van der Waals surface area contributed by atoms with Gasteiger partial charge in [-0.15, -0.1) is 6.58 Å². The average molecular weight is 674 g/mol. The van der Waals surface area contributed by atoms with E-state index in [2.05, 4.69) is 34.5 Å². The molecule has 6 rings (SSSR count). The van der Waals surface area contributed by atoms with Gasteiger partial charge in [-0.25, -0.2) is 9.18 Å². The number of aromatic nitrogens is 2. The molecule has 2 fully saturated rings. The Labute approximate surface area is 287 Å². The smallest absolute Gasteiger partial charge is 0.410 e. The third kappa shape index (κ3) is 7.08. The van der Waals surface area contributed by atoms with Gasteiger partial charge in [0, 0.05) is 37.1 Å². The van der Waals surface area contributed by atoms with Crippen LogP contribution < -0.4 is 9.64 Å². The molecular formula is C38H45ClFN5O3. The van der Waals surface area contributed by atoms with Crippen molar-refractivity contribution in [1.29, 1.82) is 0 Å². The second-order valence-electron chi connectivity index (χ2n) is 14.1. The first-order chi connectivity index (χ1) is 22.9. The topological polar surface area (TPSA) is 71.0 Å². The minimum atomic E-state index is -0.585. The van der Waals surface area contributed by atoms with E-state index in [1.165, 1.54) is 0 Å². The maximum Gasteiger partial charge on any atom is 0.410 e. The molecule has 3 heterocycles. The average Bonchev–Trinajstić information content (AvgIpc) is 3.30. The van der Waals surface area contributed by atoms with Crippen molar-refractivity contribution in [2.75, 3.05) is 44.7 Å². The summed E-state index contributed by atoms with van der Waals surface area (Å²) < 4.78 is 28.9. The van der Waals surface area contributed by atoms with E-state index in [9.17, 15) is 4.79 Å². The monoisotopic (exact) mass is 673 g/mol. The fraction of sp³-hybridized carbons (Fsp3) is 0.447. The Bertz CT molecular complexity index is 1830. The molecule has 0 spiro atoms. The van der Waals surface area contributed by atoms with Crippen molar-refractivity contribution < 1.29 is 18.7 Å². The molecule has 10 heteroatoms. The summed E-state index contributed by atoms with van der Waals surface area (Å²) in [5.74, 6) is 0.0431. The van der Waals surface area contributed by atoms with Gasteiger partial charge in [0.05, 0.1) is 23.7 Å². The van der Waals surface area contributed by atoms with E-state index in [1.807, 2.05) is 69.0 Å². The van der Waals surface area contributed by atoms with E-state index >= 15 is 4.39 Å². The van der Waals surface area contributed by atoms with Crippen molar-refractivity contribution in [1.82, 2.24) is 19.8 Å². The van der Waals surface area contributed by atoms with Crippen molar-refractivity contribution in [3.63, 3.8) is 0 Å². The molecule has 1 amide bonds. The molecule has 48 heavy (non-hydrogen) atoms. The van der Waals surface area contributed by atoms with Gasteiger partial charge in [0.15, 0.2) is 5.82 Å². The van der Waals surface area contributed by atoms with Crippen LogP contribution in [0.5, 0.6) is 6.01 Å². The quantitative estimate of drug-likeness (QED) is 0.124. The molecule has 1 aromatic heterocycles. The number of carbonyl (C=O) groups is 1. The van der Waals surface area contributed by atoms with Gasteiger partial charge in [-0.1, -0.05) is 54.1 Å². The van der Waals surface area contributed by atoms with Crippen molar-refractivity contribution in [2.45, 2.75) is 71.1 Å². The maximum atomic E-state index is 17.0. The molecule has 4 aromatic rings. The molecule has 0 saturated carbocycles. The largest absolute Gasteiger partial charge is 0.463 e. The van der Waals surface area contributed by atoms with Gasteiger partial charge < -0.3 is 19.3 Å². The molecule has 2 unspecified atom stereocenters. The van der Waals surface area contributed by atoms with Crippen LogP contribution >= 0.6 is 11.6 Å². The Morgan fingerprint density at radius 2 is 1.83 bits per heavy atom. The first-order valence-electron chi connectivity index (χ1n) is 16.8. The van der Waals surface area contributed by atoms with Gasteiger partial charge in [-0.3, -0.25) is 4.90 Å². The van der Waals surface area contributed by atoms with E-state index in [-0.39, 0.29) is 34.7 Å². The molecule has 2 saturated heterocycles. The Hall–Kier alpha value is -3.95. The zero-order valence-electron chi connectivity index (χ0n) is 28.6. The third-order valence-electron chi connectivity index (χ3n) is 9.13. The van der Waals surface area contributed by atoms with Crippen LogP contribution in [-0.2, 0) is 4.74 Å². The first kappa shape index (κ1) is 33.9. The summed E-state index contributed by atoms with van der Waals surface area (Å²) in [6.07, 6.45) is 4.99. The number of hydrogen-bond donors (Lipinski definition) is 0. The van der Waals surface area contributed by atoms with E-state index in [0.717, 1.165) is 55.1 Å². The summed E-state index contributed by atoms with van der Waals surface area (Å²) >= 11 is 6.98. The van der Waals surface area contributed by atoms with Crippen LogP contribution in [0.15, 0.2) is 55.1 Å². The van der Waals surface area contributed by atoms with Crippen LogP contribution in [0.4, 0.5) is 15.0 Å². The summed E-state index contributed by atoms with van der Waals surface area (Å²) in [5, 5.41) is 2.71. The maximum absolute atomic E-state index is 17.0. The molecule has 2 bridgehead atoms. The van der Waals surface area contributed by atoms with Crippen LogP contribution in [0.2, 0.25) is 5.02 Å². The summed E-state index contributed by atoms with van der Waals surface area (Å²) in [5.41, 5.74) is 1.59. The lowest BCUT2D eigenvalue weighted by molar-refractivity contribution is 0.0122. The molecule has 254 valence electrons. The van der Waals surface area contributed by atoms with Crippen LogP contribution in [0, 0.1) is 12.7 Å². The van der Waals surface area contributed by atoms with Crippen molar-refractivity contribution in [2.24, 2.45) is 0 Å². The van der Waals surface area contributed by atoms with Gasteiger partial charge in [0.2, 0.25) is 0 Å². The summed E-state index contributed by atoms with van der Waals surface area (Å²) in [6, 6.07) is 13.7. The number of carbonyl (C=O) groups excluding carboxylic acids is 1. The highest BCUT2D eigenvalue weighted by molar-refractivity contribution is 6.35. The van der Waals surface area contributed by atoms with E-state index in [0.29, 0.717) is 42.0 Å². The number of piperazine rings is 1. The number of fused-ring (bicyclic) bond motifs is 4. The predicted octanol–water partition coefficient (Wildman–Crippen LogP) is 8.42. The number of ether oxygens (including phenoxy) is 2. The second kappa shape index (κ2) is 13.9. The number of anilines is 1. The first-order valence-corrected chi connectivity index (χ1v) is 17.2. The molecule has 0 aliphatic carbocycles. The van der Waals surface area contributed by atoms with Crippen molar-refractivity contribution in [3.8, 4) is 17.1 Å². The Morgan fingerprint density at radius 3 is 2.54 bits per heavy atom. The molecule has 2 aliphatic heterocycles. The van der Waals surface area contributed by atoms with Gasteiger partial charge in [0.25, 0.3) is 0 Å². The number of rotatable bonds is 10. The molecule has 2 aliphatic rings. The molecule has 3 aromatic carbocycles. The fourth-order valence-electron chi connectivity index (χ4n) is 6.99. The molecule has 0 radical (unpaired) electrons. The Morgan fingerprint density at radius 1 is 1.10 bits per heavy atom. The van der Waals surface area contributed by atoms with Crippen LogP contribution in [0.3, 0.4) is 0 Å². The Kier molecular flexibility index (Phi) is 9.81. The number of aryl methyl sites for hydroxylation is 1. The van der Waals surface area contributed by atoms with Gasteiger partial charge in [-0.05, 0) is 88.4 Å². The predicted molar refractivity (Wildman–Crippen MR) is 192 cm³/mol. The lowest BCUT2D eigenvalue weighted by Gasteiger charge is -2.42. The normalized spacial score (nSPS) is 17.8. The highest BCUT2D eigenvalue weighted by atomic mass is 35.5. The fourth-order valence-corrected chi connectivity index (χ4v) is 7.28. The van der Waals surface area contributed by atoms with Gasteiger partial charge >= 0.3 is 12.1 Å². The van der Waals surface area contributed by atoms with E-state index in [4.69, 9.17) is 26.1 Å². The number of halogens is 2. The van der Waals surface area contributed by atoms with Crippen molar-refractivity contribution >= 4 is 45.2 Å². The van der Waals surface area contributed by atoms with Crippen molar-refractivity contribution in [3.05, 3.63) is 71.5 Å². The molecule has 8 nitrogen and oxygen atoms in total.